The Morgan fingerprint density at radius 3 is 2.33 bits per heavy atom. The summed E-state index contributed by atoms with van der Waals surface area (Å²) < 4.78 is 33.6. The molecule has 2 aromatic carbocycles. The first-order valence-corrected chi connectivity index (χ1v) is 9.48. The summed E-state index contributed by atoms with van der Waals surface area (Å²) >= 11 is 0. The van der Waals surface area contributed by atoms with Crippen molar-refractivity contribution in [2.75, 3.05) is 18.0 Å². The molecule has 0 bridgehead atoms. The minimum Gasteiger partial charge on any atom is -0.372 e. The molecule has 1 aliphatic rings. The third-order valence-electron chi connectivity index (χ3n) is 4.78. The van der Waals surface area contributed by atoms with Gasteiger partial charge in [-0.25, -0.2) is 19.1 Å². The van der Waals surface area contributed by atoms with Crippen molar-refractivity contribution in [2.45, 2.75) is 32.6 Å². The molecule has 0 spiro atoms. The van der Waals surface area contributed by atoms with E-state index in [4.69, 9.17) is 9.94 Å². The molecule has 1 heterocycles. The van der Waals surface area contributed by atoms with Gasteiger partial charge in [-0.15, -0.1) is 0 Å². The summed E-state index contributed by atoms with van der Waals surface area (Å²) in [5, 5.41) is 8.72. The normalized spacial score (nSPS) is 18.8. The van der Waals surface area contributed by atoms with Crippen LogP contribution in [0.3, 0.4) is 0 Å². The van der Waals surface area contributed by atoms with E-state index in [1.54, 1.807) is 22.5 Å². The van der Waals surface area contributed by atoms with Crippen LogP contribution in [0.1, 0.15) is 29.8 Å². The zero-order valence-electron chi connectivity index (χ0n) is 16.6. The molecule has 0 aliphatic carbocycles. The maximum Gasteiger partial charge on any atom is 0.325 e. The fourth-order valence-electron chi connectivity index (χ4n) is 3.47. The van der Waals surface area contributed by atoms with Crippen LogP contribution in [0.4, 0.5) is 19.3 Å². The van der Waals surface area contributed by atoms with Crippen LogP contribution in [-0.2, 0) is 11.3 Å². The maximum atomic E-state index is 14.5. The van der Waals surface area contributed by atoms with E-state index >= 15 is 0 Å². The predicted octanol–water partition coefficient (Wildman–Crippen LogP) is 3.32. The minimum absolute atomic E-state index is 0.00251. The molecule has 3 amide bonds. The number of halogens is 2. The zero-order valence-corrected chi connectivity index (χ0v) is 16.6. The number of morpholine rings is 1. The van der Waals surface area contributed by atoms with Crippen LogP contribution in [0, 0.1) is 11.6 Å². The molecule has 1 fully saturated rings. The number of ether oxygens (including phenoxy) is 1. The summed E-state index contributed by atoms with van der Waals surface area (Å²) in [6, 6.07) is 8.76. The molecule has 9 heteroatoms. The molecular formula is C21H23F2N3O4. The van der Waals surface area contributed by atoms with Gasteiger partial charge in [0.2, 0.25) is 0 Å². The number of benzene rings is 2. The number of nitrogens with zero attached hydrogens (tertiary/aromatic N) is 2. The molecule has 0 saturated carbocycles. The van der Waals surface area contributed by atoms with Gasteiger partial charge < -0.3 is 9.64 Å². The van der Waals surface area contributed by atoms with Crippen molar-refractivity contribution in [2.24, 2.45) is 0 Å². The lowest BCUT2D eigenvalue weighted by Crippen LogP contribution is -2.53. The van der Waals surface area contributed by atoms with Gasteiger partial charge in [-0.1, -0.05) is 12.1 Å². The van der Waals surface area contributed by atoms with Gasteiger partial charge >= 0.3 is 6.03 Å². The van der Waals surface area contributed by atoms with E-state index < -0.39 is 23.6 Å². The first-order chi connectivity index (χ1) is 14.3. The number of nitrogens with one attached hydrogen (secondary N) is 1. The predicted molar refractivity (Wildman–Crippen MR) is 105 cm³/mol. The molecule has 0 aromatic heterocycles. The molecule has 160 valence electrons. The lowest BCUT2D eigenvalue weighted by atomic mass is 10.1. The van der Waals surface area contributed by atoms with Gasteiger partial charge in [-0.05, 0) is 43.7 Å². The summed E-state index contributed by atoms with van der Waals surface area (Å²) in [4.78, 5) is 27.6. The lowest BCUT2D eigenvalue weighted by molar-refractivity contribution is -0.0537. The Bertz CT molecular complexity index is 913. The van der Waals surface area contributed by atoms with E-state index in [0.29, 0.717) is 18.7 Å². The highest BCUT2D eigenvalue weighted by atomic mass is 19.1. The van der Waals surface area contributed by atoms with Gasteiger partial charge in [0.1, 0.15) is 11.6 Å². The molecule has 7 nitrogen and oxygen atoms in total. The van der Waals surface area contributed by atoms with Crippen LogP contribution in [-0.4, -0.2) is 47.3 Å². The van der Waals surface area contributed by atoms with E-state index in [-0.39, 0.29) is 30.0 Å². The number of carbonyl (C=O) groups excluding carboxylic acids is 2. The Morgan fingerprint density at radius 1 is 1.13 bits per heavy atom. The quantitative estimate of drug-likeness (QED) is 0.589. The van der Waals surface area contributed by atoms with Crippen LogP contribution in [0.5, 0.6) is 0 Å². The Morgan fingerprint density at radius 2 is 1.77 bits per heavy atom. The van der Waals surface area contributed by atoms with Crippen LogP contribution in [0.25, 0.3) is 0 Å². The van der Waals surface area contributed by atoms with E-state index in [2.05, 4.69) is 0 Å². The molecule has 30 heavy (non-hydrogen) atoms. The van der Waals surface area contributed by atoms with Crippen molar-refractivity contribution >= 4 is 17.6 Å². The topological polar surface area (TPSA) is 82.1 Å². The van der Waals surface area contributed by atoms with Gasteiger partial charge in [0.05, 0.1) is 24.4 Å². The number of anilines is 1. The molecule has 2 N–H and O–H groups in total. The highest BCUT2D eigenvalue weighted by molar-refractivity contribution is 5.94. The average molecular weight is 419 g/mol. The standard InChI is InChI=1S/C21H23F2N3O4/c1-13-10-25(11-14(2)30-13)21(28)26(19-8-7-17(22)9-18(19)23)12-15-3-5-16(6-4-15)20(27)24-29/h3-9,13-14,29H,10-12H2,1-2H3,(H,24,27). The van der Waals surface area contributed by atoms with Gasteiger partial charge in [0, 0.05) is 24.7 Å². The van der Waals surface area contributed by atoms with E-state index in [9.17, 15) is 18.4 Å². The van der Waals surface area contributed by atoms with Gasteiger partial charge in [-0.2, -0.15) is 0 Å². The second-order valence-electron chi connectivity index (χ2n) is 7.26. The number of urea groups is 1. The maximum absolute atomic E-state index is 14.5. The molecular weight excluding hydrogens is 396 g/mol. The van der Waals surface area contributed by atoms with Crippen molar-refractivity contribution in [1.82, 2.24) is 10.4 Å². The number of amides is 3. The molecule has 2 aromatic rings. The molecule has 3 rings (SSSR count). The first kappa shape index (κ1) is 21.7. The molecule has 1 aliphatic heterocycles. The Labute approximate surface area is 172 Å². The van der Waals surface area contributed by atoms with Gasteiger partial charge in [-0.3, -0.25) is 14.9 Å². The lowest BCUT2D eigenvalue weighted by Gasteiger charge is -2.38. The molecule has 2 atom stereocenters. The van der Waals surface area contributed by atoms with Crippen LogP contribution in [0.2, 0.25) is 0 Å². The fraction of sp³-hybridized carbons (Fsp3) is 0.333. The summed E-state index contributed by atoms with van der Waals surface area (Å²) in [5.74, 6) is -2.26. The smallest absolute Gasteiger partial charge is 0.325 e. The van der Waals surface area contributed by atoms with Crippen molar-refractivity contribution in [3.8, 4) is 0 Å². The number of hydrogen-bond acceptors (Lipinski definition) is 4. The Kier molecular flexibility index (Phi) is 6.63. The van der Waals surface area contributed by atoms with Crippen molar-refractivity contribution < 1.29 is 28.3 Å². The van der Waals surface area contributed by atoms with E-state index in [0.717, 1.165) is 12.1 Å². The van der Waals surface area contributed by atoms with E-state index in [1.807, 2.05) is 13.8 Å². The number of carbonyl (C=O) groups is 2. The van der Waals surface area contributed by atoms with Crippen molar-refractivity contribution in [3.05, 3.63) is 65.2 Å². The molecule has 0 radical (unpaired) electrons. The highest BCUT2D eigenvalue weighted by Gasteiger charge is 2.31. The van der Waals surface area contributed by atoms with Crippen molar-refractivity contribution in [1.29, 1.82) is 0 Å². The summed E-state index contributed by atoms with van der Waals surface area (Å²) in [6.07, 6.45) is -0.345. The molecule has 1 saturated heterocycles. The molecule has 2 unspecified atom stereocenters. The van der Waals surface area contributed by atoms with Gasteiger partial charge in [0.25, 0.3) is 5.91 Å². The fourth-order valence-corrected chi connectivity index (χ4v) is 3.47. The minimum atomic E-state index is -0.853. The van der Waals surface area contributed by atoms with E-state index in [1.165, 1.54) is 23.1 Å². The largest absolute Gasteiger partial charge is 0.372 e. The number of hydroxylamine groups is 1. The monoisotopic (exact) mass is 419 g/mol. The third kappa shape index (κ3) is 4.92. The highest BCUT2D eigenvalue weighted by Crippen LogP contribution is 2.25. The zero-order chi connectivity index (χ0) is 21.8. The van der Waals surface area contributed by atoms with Gasteiger partial charge in [0.15, 0.2) is 0 Å². The van der Waals surface area contributed by atoms with Crippen molar-refractivity contribution in [3.63, 3.8) is 0 Å². The third-order valence-corrected chi connectivity index (χ3v) is 4.78. The Balaban J connectivity index is 1.91. The van der Waals surface area contributed by atoms with Crippen LogP contribution in [0.15, 0.2) is 42.5 Å². The number of rotatable bonds is 4. The average Bonchev–Trinajstić information content (AvgIpc) is 2.71. The summed E-state index contributed by atoms with van der Waals surface area (Å²) in [6.45, 7) is 4.39. The summed E-state index contributed by atoms with van der Waals surface area (Å²) in [5.41, 5.74) is 2.34. The van der Waals surface area contributed by atoms with Crippen LogP contribution < -0.4 is 10.4 Å². The second kappa shape index (κ2) is 9.19. The Hall–Kier alpha value is -3.04. The first-order valence-electron chi connectivity index (χ1n) is 9.48. The van der Waals surface area contributed by atoms with Crippen LogP contribution >= 0.6 is 0 Å². The number of hydrogen-bond donors (Lipinski definition) is 2. The summed E-state index contributed by atoms with van der Waals surface area (Å²) in [7, 11) is 0. The second-order valence-corrected chi connectivity index (χ2v) is 7.26. The SMILES string of the molecule is CC1CN(C(=O)N(Cc2ccc(C(=O)NO)cc2)c2ccc(F)cc2F)CC(C)O1.